The molecule has 0 saturated carbocycles. The van der Waals surface area contributed by atoms with Gasteiger partial charge in [0, 0.05) is 36.6 Å². The van der Waals surface area contributed by atoms with E-state index in [0.29, 0.717) is 22.7 Å². The summed E-state index contributed by atoms with van der Waals surface area (Å²) in [7, 11) is 1.49. The number of anilines is 2. The lowest BCUT2D eigenvalue weighted by atomic mass is 10.1. The fourth-order valence-corrected chi connectivity index (χ4v) is 3.63. The van der Waals surface area contributed by atoms with Crippen molar-refractivity contribution in [2.24, 2.45) is 0 Å². The molecule has 190 valence electrons. The topological polar surface area (TPSA) is 118 Å². The Morgan fingerprint density at radius 1 is 1.05 bits per heavy atom. The van der Waals surface area contributed by atoms with Crippen LogP contribution in [0.1, 0.15) is 25.0 Å². The average molecular weight is 501 g/mol. The Kier molecular flexibility index (Phi) is 9.22. The molecule has 3 rings (SSSR count). The quantitative estimate of drug-likeness (QED) is 0.158. The SMILES string of the molecule is CCN(CC)c1ccc(NC(=O)/C(C#N)=C\c2ccc(OCc3ccc([N+](=O)[O-])cc3)c(OC)c2)cc1. The number of hydrogen-bond acceptors (Lipinski definition) is 7. The third-order valence-electron chi connectivity index (χ3n) is 5.66. The molecule has 0 atom stereocenters. The zero-order valence-corrected chi connectivity index (χ0v) is 20.9. The summed E-state index contributed by atoms with van der Waals surface area (Å²) in [5, 5.41) is 23.1. The first-order valence-corrected chi connectivity index (χ1v) is 11.7. The molecule has 0 heterocycles. The number of carbonyl (C=O) groups is 1. The second-order valence-corrected chi connectivity index (χ2v) is 7.97. The van der Waals surface area contributed by atoms with Crippen LogP contribution in [0.25, 0.3) is 6.08 Å². The highest BCUT2D eigenvalue weighted by Crippen LogP contribution is 2.30. The first-order chi connectivity index (χ1) is 17.9. The van der Waals surface area contributed by atoms with Crippen LogP contribution in [0.5, 0.6) is 11.5 Å². The summed E-state index contributed by atoms with van der Waals surface area (Å²) in [6.07, 6.45) is 1.47. The van der Waals surface area contributed by atoms with Crippen molar-refractivity contribution in [1.29, 1.82) is 5.26 Å². The van der Waals surface area contributed by atoms with E-state index >= 15 is 0 Å². The maximum Gasteiger partial charge on any atom is 0.269 e. The number of nitro benzene ring substituents is 1. The van der Waals surface area contributed by atoms with Crippen LogP contribution in [-0.2, 0) is 11.4 Å². The Morgan fingerprint density at radius 2 is 1.73 bits per heavy atom. The third kappa shape index (κ3) is 7.08. The molecule has 0 aromatic heterocycles. The van der Waals surface area contributed by atoms with E-state index in [1.54, 1.807) is 42.5 Å². The van der Waals surface area contributed by atoms with Crippen molar-refractivity contribution in [1.82, 2.24) is 0 Å². The molecule has 9 heteroatoms. The van der Waals surface area contributed by atoms with Gasteiger partial charge in [0.1, 0.15) is 18.2 Å². The van der Waals surface area contributed by atoms with Gasteiger partial charge in [0.25, 0.3) is 11.6 Å². The number of nitrogens with one attached hydrogen (secondary N) is 1. The number of non-ortho nitro benzene ring substituents is 1. The molecule has 0 saturated heterocycles. The van der Waals surface area contributed by atoms with Gasteiger partial charge in [-0.25, -0.2) is 0 Å². The maximum atomic E-state index is 12.7. The van der Waals surface area contributed by atoms with Crippen LogP contribution in [0, 0.1) is 21.4 Å². The highest BCUT2D eigenvalue weighted by atomic mass is 16.6. The van der Waals surface area contributed by atoms with Crippen LogP contribution < -0.4 is 19.7 Å². The lowest BCUT2D eigenvalue weighted by Gasteiger charge is -2.21. The number of ether oxygens (including phenoxy) is 2. The van der Waals surface area contributed by atoms with Gasteiger partial charge in [0.15, 0.2) is 11.5 Å². The summed E-state index contributed by atoms with van der Waals surface area (Å²) in [5.74, 6) is 0.352. The molecule has 0 aliphatic heterocycles. The molecule has 0 fully saturated rings. The van der Waals surface area contributed by atoms with Crippen LogP contribution in [0.2, 0.25) is 0 Å². The molecule has 0 aliphatic rings. The number of carbonyl (C=O) groups excluding carboxylic acids is 1. The van der Waals surface area contributed by atoms with E-state index in [-0.39, 0.29) is 17.9 Å². The van der Waals surface area contributed by atoms with Gasteiger partial charge in [-0.05, 0) is 79.6 Å². The molecule has 37 heavy (non-hydrogen) atoms. The predicted molar refractivity (Wildman–Crippen MR) is 143 cm³/mol. The van der Waals surface area contributed by atoms with Crippen molar-refractivity contribution in [3.8, 4) is 17.6 Å². The lowest BCUT2D eigenvalue weighted by Crippen LogP contribution is -2.21. The minimum absolute atomic E-state index is 0.00597. The molecular formula is C28H28N4O5. The van der Waals surface area contributed by atoms with E-state index in [0.717, 1.165) is 24.3 Å². The van der Waals surface area contributed by atoms with Gasteiger partial charge in [-0.1, -0.05) is 6.07 Å². The highest BCUT2D eigenvalue weighted by molar-refractivity contribution is 6.09. The molecule has 3 aromatic carbocycles. The van der Waals surface area contributed by atoms with Crippen molar-refractivity contribution < 1.29 is 19.2 Å². The van der Waals surface area contributed by atoms with Gasteiger partial charge in [-0.3, -0.25) is 14.9 Å². The van der Waals surface area contributed by atoms with E-state index < -0.39 is 10.8 Å². The van der Waals surface area contributed by atoms with Crippen LogP contribution in [-0.4, -0.2) is 31.0 Å². The zero-order chi connectivity index (χ0) is 26.8. The molecule has 0 spiro atoms. The molecule has 3 aromatic rings. The fraction of sp³-hybridized carbons (Fsp3) is 0.214. The molecule has 0 aliphatic carbocycles. The van der Waals surface area contributed by atoms with Crippen LogP contribution in [0.3, 0.4) is 0 Å². The first-order valence-electron chi connectivity index (χ1n) is 11.7. The van der Waals surface area contributed by atoms with E-state index in [4.69, 9.17) is 9.47 Å². The zero-order valence-electron chi connectivity index (χ0n) is 20.9. The number of nitriles is 1. The van der Waals surface area contributed by atoms with Crippen molar-refractivity contribution in [3.05, 3.63) is 93.5 Å². The Hall–Kier alpha value is -4.84. The number of hydrogen-bond donors (Lipinski definition) is 1. The highest BCUT2D eigenvalue weighted by Gasteiger charge is 2.12. The monoisotopic (exact) mass is 500 g/mol. The van der Waals surface area contributed by atoms with E-state index in [1.807, 2.05) is 18.2 Å². The second kappa shape index (κ2) is 12.7. The van der Waals surface area contributed by atoms with Gasteiger partial charge in [0.2, 0.25) is 0 Å². The van der Waals surface area contributed by atoms with Gasteiger partial charge in [0.05, 0.1) is 12.0 Å². The number of nitrogens with zero attached hydrogens (tertiary/aromatic N) is 3. The fourth-order valence-electron chi connectivity index (χ4n) is 3.63. The molecule has 9 nitrogen and oxygen atoms in total. The summed E-state index contributed by atoms with van der Waals surface area (Å²) in [6.45, 7) is 6.11. The standard InChI is InChI=1S/C28H28N4O5/c1-4-31(5-2)24-13-9-23(10-14-24)30-28(33)22(18-29)16-21-8-15-26(27(17-21)36-3)37-19-20-6-11-25(12-7-20)32(34)35/h6-17H,4-5,19H2,1-3H3,(H,30,33)/b22-16-. The van der Waals surface area contributed by atoms with Gasteiger partial charge >= 0.3 is 0 Å². The molecule has 1 amide bonds. The van der Waals surface area contributed by atoms with Gasteiger partial charge < -0.3 is 19.7 Å². The van der Waals surface area contributed by atoms with Crippen molar-refractivity contribution >= 4 is 29.0 Å². The Balaban J connectivity index is 1.69. The minimum Gasteiger partial charge on any atom is -0.493 e. The summed E-state index contributed by atoms with van der Waals surface area (Å²) in [6, 6.07) is 20.5. The van der Waals surface area contributed by atoms with E-state index in [2.05, 4.69) is 24.1 Å². The molecular weight excluding hydrogens is 472 g/mol. The summed E-state index contributed by atoms with van der Waals surface area (Å²) < 4.78 is 11.2. The van der Waals surface area contributed by atoms with Crippen molar-refractivity contribution in [2.45, 2.75) is 20.5 Å². The Labute approximate surface area is 215 Å². The number of rotatable bonds is 11. The minimum atomic E-state index is -0.518. The average Bonchev–Trinajstić information content (AvgIpc) is 2.92. The molecule has 0 unspecified atom stereocenters. The normalized spacial score (nSPS) is 10.8. The van der Waals surface area contributed by atoms with Crippen LogP contribution in [0.15, 0.2) is 72.3 Å². The molecule has 1 N–H and O–H groups in total. The van der Waals surface area contributed by atoms with Gasteiger partial charge in [-0.15, -0.1) is 0 Å². The van der Waals surface area contributed by atoms with Crippen LogP contribution in [0.4, 0.5) is 17.1 Å². The molecule has 0 bridgehead atoms. The second-order valence-electron chi connectivity index (χ2n) is 7.97. The molecule has 0 radical (unpaired) electrons. The largest absolute Gasteiger partial charge is 0.493 e. The summed E-state index contributed by atoms with van der Waals surface area (Å²) >= 11 is 0. The van der Waals surface area contributed by atoms with Crippen LogP contribution >= 0.6 is 0 Å². The van der Waals surface area contributed by atoms with Crippen molar-refractivity contribution in [2.75, 3.05) is 30.4 Å². The maximum absolute atomic E-state index is 12.7. The number of methoxy groups -OCH3 is 1. The van der Waals surface area contributed by atoms with E-state index in [9.17, 15) is 20.2 Å². The first kappa shape index (κ1) is 26.8. The Bertz CT molecular complexity index is 1310. The Morgan fingerprint density at radius 3 is 2.30 bits per heavy atom. The van der Waals surface area contributed by atoms with E-state index in [1.165, 1.54) is 25.3 Å². The van der Waals surface area contributed by atoms with Crippen molar-refractivity contribution in [3.63, 3.8) is 0 Å². The summed E-state index contributed by atoms with van der Waals surface area (Å²) in [5.41, 5.74) is 2.94. The predicted octanol–water partition coefficient (Wildman–Crippen LogP) is 5.57. The smallest absolute Gasteiger partial charge is 0.269 e. The lowest BCUT2D eigenvalue weighted by molar-refractivity contribution is -0.384. The number of nitro groups is 1. The summed E-state index contributed by atoms with van der Waals surface area (Å²) in [4.78, 5) is 25.2. The number of benzene rings is 3. The third-order valence-corrected chi connectivity index (χ3v) is 5.66. The van der Waals surface area contributed by atoms with Gasteiger partial charge in [-0.2, -0.15) is 5.26 Å². The number of amides is 1.